The number of imide groups is 1. The molecule has 4 heteroatoms. The van der Waals surface area contributed by atoms with E-state index in [1.165, 1.54) is 0 Å². The molecule has 15 heavy (non-hydrogen) atoms. The van der Waals surface area contributed by atoms with Gasteiger partial charge >= 0.3 is 0 Å². The first-order chi connectivity index (χ1) is 7.18. The first-order valence-corrected chi connectivity index (χ1v) is 5.44. The molecule has 1 aliphatic heterocycles. The zero-order valence-electron chi connectivity index (χ0n) is 8.32. The third-order valence-corrected chi connectivity index (χ3v) is 4.44. The van der Waals surface area contributed by atoms with E-state index in [9.17, 15) is 14.9 Å². The van der Waals surface area contributed by atoms with E-state index >= 15 is 0 Å². The number of nitrogens with one attached hydrogen (secondary N) is 1. The number of hydrogen-bond donors (Lipinski definition) is 1. The van der Waals surface area contributed by atoms with Gasteiger partial charge in [0.25, 0.3) is 0 Å². The lowest BCUT2D eigenvalue weighted by molar-refractivity contribution is -0.133. The number of rotatable bonds is 0. The maximum absolute atomic E-state index is 11.7. The summed E-state index contributed by atoms with van der Waals surface area (Å²) in [6.07, 6.45) is 3.43. The molecule has 4 aliphatic rings. The minimum atomic E-state index is -0.546. The highest BCUT2D eigenvalue weighted by molar-refractivity contribution is 6.06. The van der Waals surface area contributed by atoms with Gasteiger partial charge in [-0.05, 0) is 31.6 Å². The molecule has 2 amide bonds. The highest BCUT2D eigenvalue weighted by atomic mass is 16.2. The smallest absolute Gasteiger partial charge is 0.232 e. The van der Waals surface area contributed by atoms with E-state index in [0.29, 0.717) is 5.92 Å². The van der Waals surface area contributed by atoms with Gasteiger partial charge in [0.15, 0.2) is 0 Å². The average molecular weight is 204 g/mol. The molecule has 0 unspecified atom stereocenters. The fraction of sp³-hybridized carbons (Fsp3) is 0.727. The summed E-state index contributed by atoms with van der Waals surface area (Å²) in [5.74, 6) is -0.594. The van der Waals surface area contributed by atoms with E-state index in [1.54, 1.807) is 0 Å². The minimum Gasteiger partial charge on any atom is -0.296 e. The lowest BCUT2D eigenvalue weighted by atomic mass is 9.52. The maximum Gasteiger partial charge on any atom is 0.232 e. The van der Waals surface area contributed by atoms with Crippen LogP contribution in [0.2, 0.25) is 0 Å². The molecule has 78 valence electrons. The number of carbonyl (C=O) groups is 2. The zero-order valence-corrected chi connectivity index (χ0v) is 8.32. The molecule has 4 rings (SSSR count). The molecule has 1 heterocycles. The summed E-state index contributed by atoms with van der Waals surface area (Å²) < 4.78 is 0. The number of nitrogens with zero attached hydrogens (tertiary/aromatic N) is 1. The minimum absolute atomic E-state index is 0.144. The van der Waals surface area contributed by atoms with E-state index in [-0.39, 0.29) is 23.7 Å². The van der Waals surface area contributed by atoms with Crippen molar-refractivity contribution in [3.8, 4) is 6.07 Å². The molecular formula is C11H12N2O2. The van der Waals surface area contributed by atoms with Crippen molar-refractivity contribution in [2.24, 2.45) is 23.2 Å². The Morgan fingerprint density at radius 2 is 1.93 bits per heavy atom. The summed E-state index contributed by atoms with van der Waals surface area (Å²) in [5, 5.41) is 11.7. The normalized spacial score (nSPS) is 47.3. The Morgan fingerprint density at radius 1 is 1.27 bits per heavy atom. The Bertz CT molecular complexity index is 388. The van der Waals surface area contributed by atoms with Crippen LogP contribution in [0.1, 0.15) is 25.7 Å². The van der Waals surface area contributed by atoms with Crippen LogP contribution >= 0.6 is 0 Å². The Labute approximate surface area is 87.6 Å². The topological polar surface area (TPSA) is 70.0 Å². The van der Waals surface area contributed by atoms with Gasteiger partial charge in [-0.2, -0.15) is 5.26 Å². The summed E-state index contributed by atoms with van der Waals surface area (Å²) in [5.41, 5.74) is -0.546. The van der Waals surface area contributed by atoms with Crippen LogP contribution in [-0.2, 0) is 9.59 Å². The molecule has 3 saturated carbocycles. The van der Waals surface area contributed by atoms with Crippen LogP contribution in [0.15, 0.2) is 0 Å². The Kier molecular flexibility index (Phi) is 1.54. The lowest BCUT2D eigenvalue weighted by Crippen LogP contribution is -2.49. The van der Waals surface area contributed by atoms with E-state index in [2.05, 4.69) is 11.4 Å². The molecule has 2 atom stereocenters. The van der Waals surface area contributed by atoms with E-state index in [0.717, 1.165) is 25.7 Å². The van der Waals surface area contributed by atoms with Crippen LogP contribution in [0.25, 0.3) is 0 Å². The molecule has 4 fully saturated rings. The molecule has 0 aromatic carbocycles. The van der Waals surface area contributed by atoms with Crippen molar-refractivity contribution in [1.29, 1.82) is 5.26 Å². The van der Waals surface area contributed by atoms with Crippen LogP contribution in [-0.4, -0.2) is 11.8 Å². The summed E-state index contributed by atoms with van der Waals surface area (Å²) in [6, 6.07) is 2.31. The van der Waals surface area contributed by atoms with Gasteiger partial charge in [-0.15, -0.1) is 0 Å². The maximum atomic E-state index is 11.7. The van der Waals surface area contributed by atoms with Crippen molar-refractivity contribution < 1.29 is 9.59 Å². The van der Waals surface area contributed by atoms with Crippen molar-refractivity contribution in [1.82, 2.24) is 5.32 Å². The molecule has 0 aromatic heterocycles. The van der Waals surface area contributed by atoms with Crippen molar-refractivity contribution >= 4 is 11.8 Å². The standard InChI is InChI=1S/C11H12N2O2/c12-5-11-3-1-6(2-4-11)7-8(11)10(15)13-9(7)14/h6-8H,1-4H2,(H,13,14,15)/t6?,7-,8+,11?/m1/s1. The lowest BCUT2D eigenvalue weighted by Gasteiger charge is -2.48. The number of hydrogen-bond acceptors (Lipinski definition) is 3. The van der Waals surface area contributed by atoms with Gasteiger partial charge in [-0.25, -0.2) is 0 Å². The summed E-state index contributed by atoms with van der Waals surface area (Å²) in [7, 11) is 0. The van der Waals surface area contributed by atoms with Crippen LogP contribution in [0.4, 0.5) is 0 Å². The second kappa shape index (κ2) is 2.60. The fourth-order valence-corrected chi connectivity index (χ4v) is 3.68. The molecule has 1 saturated heterocycles. The van der Waals surface area contributed by atoms with Gasteiger partial charge in [0.2, 0.25) is 11.8 Å². The molecule has 2 bridgehead atoms. The Morgan fingerprint density at radius 3 is 2.53 bits per heavy atom. The zero-order chi connectivity index (χ0) is 10.6. The highest BCUT2D eigenvalue weighted by Crippen LogP contribution is 2.57. The van der Waals surface area contributed by atoms with Crippen LogP contribution in [0.3, 0.4) is 0 Å². The third kappa shape index (κ3) is 0.909. The molecule has 0 aromatic rings. The number of amides is 2. The van der Waals surface area contributed by atoms with Gasteiger partial charge in [-0.1, -0.05) is 0 Å². The summed E-state index contributed by atoms with van der Waals surface area (Å²) in [6.45, 7) is 0. The third-order valence-electron chi connectivity index (χ3n) is 4.44. The molecule has 4 nitrogen and oxygen atoms in total. The van der Waals surface area contributed by atoms with Gasteiger partial charge < -0.3 is 0 Å². The first kappa shape index (κ1) is 8.90. The van der Waals surface area contributed by atoms with Crippen molar-refractivity contribution in [2.75, 3.05) is 0 Å². The number of nitriles is 1. The highest BCUT2D eigenvalue weighted by Gasteiger charge is 2.62. The Hall–Kier alpha value is -1.37. The summed E-state index contributed by atoms with van der Waals surface area (Å²) >= 11 is 0. The molecular weight excluding hydrogens is 192 g/mol. The van der Waals surface area contributed by atoms with Gasteiger partial charge in [0.1, 0.15) is 0 Å². The van der Waals surface area contributed by atoms with Gasteiger partial charge in [0, 0.05) is 0 Å². The van der Waals surface area contributed by atoms with Crippen molar-refractivity contribution in [3.63, 3.8) is 0 Å². The number of fused-ring (bicyclic) bond motifs is 2. The monoisotopic (exact) mass is 204 g/mol. The van der Waals surface area contributed by atoms with Crippen LogP contribution in [0, 0.1) is 34.5 Å². The molecule has 0 spiro atoms. The molecule has 0 radical (unpaired) electrons. The van der Waals surface area contributed by atoms with Crippen molar-refractivity contribution in [2.45, 2.75) is 25.7 Å². The van der Waals surface area contributed by atoms with E-state index < -0.39 is 5.41 Å². The van der Waals surface area contributed by atoms with Gasteiger partial charge in [0.05, 0.1) is 23.3 Å². The quantitative estimate of drug-likeness (QED) is 0.587. The predicted octanol–water partition coefficient (Wildman–Crippen LogP) is 0.589. The second-order valence-corrected chi connectivity index (χ2v) is 4.96. The second-order valence-electron chi connectivity index (χ2n) is 4.96. The average Bonchev–Trinajstić information content (AvgIpc) is 2.59. The SMILES string of the molecule is N#CC12CCC(CC1)[C@H]1C(=O)NC(=O)[C@H]12. The number of carbonyl (C=O) groups excluding carboxylic acids is 2. The van der Waals surface area contributed by atoms with Gasteiger partial charge in [-0.3, -0.25) is 14.9 Å². The Balaban J connectivity index is 2.10. The van der Waals surface area contributed by atoms with Crippen LogP contribution < -0.4 is 5.32 Å². The van der Waals surface area contributed by atoms with Crippen LogP contribution in [0.5, 0.6) is 0 Å². The largest absolute Gasteiger partial charge is 0.296 e. The molecule has 1 N–H and O–H groups in total. The summed E-state index contributed by atoms with van der Waals surface area (Å²) in [4.78, 5) is 23.3. The fourth-order valence-electron chi connectivity index (χ4n) is 3.68. The first-order valence-electron chi connectivity index (χ1n) is 5.44. The van der Waals surface area contributed by atoms with Crippen molar-refractivity contribution in [3.05, 3.63) is 0 Å². The predicted molar refractivity (Wildman–Crippen MR) is 50.1 cm³/mol. The molecule has 3 aliphatic carbocycles. The van der Waals surface area contributed by atoms with E-state index in [4.69, 9.17) is 0 Å². The van der Waals surface area contributed by atoms with E-state index in [1.807, 2.05) is 0 Å².